The SMILES string of the molecule is Cc1cccc(CNC(=O)c2nn(C)c3c2CN(S(=O)(=O)c2ccc(F)cc2F)CC3)c1. The average Bonchev–Trinajstić information content (AvgIpc) is 3.08. The maximum atomic E-state index is 14.2. The molecule has 0 bridgehead atoms. The van der Waals surface area contributed by atoms with Crippen molar-refractivity contribution in [3.63, 3.8) is 0 Å². The maximum absolute atomic E-state index is 14.2. The van der Waals surface area contributed by atoms with Crippen LogP contribution in [0.5, 0.6) is 0 Å². The minimum atomic E-state index is -4.22. The first-order chi connectivity index (χ1) is 15.2. The van der Waals surface area contributed by atoms with E-state index in [1.807, 2.05) is 31.2 Å². The summed E-state index contributed by atoms with van der Waals surface area (Å²) >= 11 is 0. The van der Waals surface area contributed by atoms with Crippen LogP contribution in [0.3, 0.4) is 0 Å². The van der Waals surface area contributed by atoms with E-state index in [1.54, 1.807) is 11.7 Å². The second kappa shape index (κ2) is 8.44. The van der Waals surface area contributed by atoms with Crippen LogP contribution in [-0.4, -0.2) is 35.0 Å². The Labute approximate surface area is 184 Å². The highest BCUT2D eigenvalue weighted by molar-refractivity contribution is 7.89. The number of aromatic nitrogens is 2. The first kappa shape index (κ1) is 22.1. The molecule has 7 nitrogen and oxygen atoms in total. The summed E-state index contributed by atoms with van der Waals surface area (Å²) in [5.74, 6) is -2.43. The summed E-state index contributed by atoms with van der Waals surface area (Å²) < 4.78 is 56.1. The Bertz CT molecular complexity index is 1300. The molecule has 0 spiro atoms. The van der Waals surface area contributed by atoms with Gasteiger partial charge in [-0.15, -0.1) is 0 Å². The lowest BCUT2D eigenvalue weighted by molar-refractivity contribution is 0.0943. The van der Waals surface area contributed by atoms with Crippen LogP contribution >= 0.6 is 0 Å². The molecule has 2 aromatic carbocycles. The molecule has 168 valence electrons. The number of nitrogens with one attached hydrogen (secondary N) is 1. The molecule has 0 fully saturated rings. The zero-order chi connectivity index (χ0) is 23.0. The van der Waals surface area contributed by atoms with Crippen molar-refractivity contribution in [2.24, 2.45) is 7.05 Å². The van der Waals surface area contributed by atoms with Crippen LogP contribution in [0.2, 0.25) is 0 Å². The van der Waals surface area contributed by atoms with Crippen molar-refractivity contribution in [3.8, 4) is 0 Å². The highest BCUT2D eigenvalue weighted by Crippen LogP contribution is 2.28. The topological polar surface area (TPSA) is 84.3 Å². The molecule has 0 unspecified atom stereocenters. The molecule has 1 N–H and O–H groups in total. The predicted molar refractivity (Wildman–Crippen MR) is 113 cm³/mol. The van der Waals surface area contributed by atoms with Gasteiger partial charge in [0.1, 0.15) is 16.5 Å². The summed E-state index contributed by atoms with van der Waals surface area (Å²) in [5, 5.41) is 7.12. The van der Waals surface area contributed by atoms with Crippen LogP contribution < -0.4 is 5.32 Å². The molecular weight excluding hydrogens is 438 g/mol. The van der Waals surface area contributed by atoms with Gasteiger partial charge in [-0.3, -0.25) is 9.48 Å². The number of halogens is 2. The Morgan fingerprint density at radius 2 is 1.97 bits per heavy atom. The minimum Gasteiger partial charge on any atom is -0.347 e. The highest BCUT2D eigenvalue weighted by Gasteiger charge is 2.34. The molecule has 4 rings (SSSR count). The van der Waals surface area contributed by atoms with Gasteiger partial charge in [0, 0.05) is 50.4 Å². The van der Waals surface area contributed by atoms with E-state index in [9.17, 15) is 22.0 Å². The Morgan fingerprint density at radius 1 is 1.19 bits per heavy atom. The van der Waals surface area contributed by atoms with Crippen LogP contribution in [0.1, 0.15) is 32.9 Å². The van der Waals surface area contributed by atoms with Gasteiger partial charge in [-0.2, -0.15) is 9.40 Å². The normalized spacial score (nSPS) is 14.2. The number of aryl methyl sites for hydroxylation is 2. The van der Waals surface area contributed by atoms with E-state index in [0.717, 1.165) is 33.3 Å². The van der Waals surface area contributed by atoms with Crippen molar-refractivity contribution in [1.82, 2.24) is 19.4 Å². The van der Waals surface area contributed by atoms with Crippen LogP contribution in [0.25, 0.3) is 0 Å². The van der Waals surface area contributed by atoms with Gasteiger partial charge >= 0.3 is 0 Å². The van der Waals surface area contributed by atoms with Crippen LogP contribution in [0.15, 0.2) is 47.4 Å². The van der Waals surface area contributed by atoms with Crippen LogP contribution in [0.4, 0.5) is 8.78 Å². The van der Waals surface area contributed by atoms with Gasteiger partial charge in [0.2, 0.25) is 10.0 Å². The van der Waals surface area contributed by atoms with Gasteiger partial charge in [0.15, 0.2) is 5.69 Å². The third kappa shape index (κ3) is 4.15. The Kier molecular flexibility index (Phi) is 5.83. The molecule has 1 amide bonds. The molecule has 0 saturated carbocycles. The van der Waals surface area contributed by atoms with E-state index < -0.39 is 32.5 Å². The molecule has 1 aliphatic rings. The monoisotopic (exact) mass is 460 g/mol. The summed E-state index contributed by atoms with van der Waals surface area (Å²) in [5.41, 5.74) is 3.36. The summed E-state index contributed by atoms with van der Waals surface area (Å²) in [4.78, 5) is 12.2. The maximum Gasteiger partial charge on any atom is 0.272 e. The fraction of sp³-hybridized carbons (Fsp3) is 0.273. The van der Waals surface area contributed by atoms with Crippen LogP contribution in [0, 0.1) is 18.6 Å². The first-order valence-electron chi connectivity index (χ1n) is 10.0. The number of hydrogen-bond acceptors (Lipinski definition) is 4. The molecule has 32 heavy (non-hydrogen) atoms. The molecule has 0 saturated heterocycles. The van der Waals surface area contributed by atoms with Crippen LogP contribution in [-0.2, 0) is 36.6 Å². The molecule has 1 aromatic heterocycles. The van der Waals surface area contributed by atoms with E-state index in [4.69, 9.17) is 0 Å². The van der Waals surface area contributed by atoms with Crippen molar-refractivity contribution >= 4 is 15.9 Å². The highest BCUT2D eigenvalue weighted by atomic mass is 32.2. The zero-order valence-corrected chi connectivity index (χ0v) is 18.4. The second-order valence-corrected chi connectivity index (χ2v) is 9.64. The van der Waals surface area contributed by atoms with E-state index >= 15 is 0 Å². The minimum absolute atomic E-state index is 0.0933. The lowest BCUT2D eigenvalue weighted by Crippen LogP contribution is -2.37. The average molecular weight is 461 g/mol. The molecule has 0 radical (unpaired) electrons. The number of fused-ring (bicyclic) bond motifs is 1. The summed E-state index contributed by atoms with van der Waals surface area (Å²) in [6.45, 7) is 2.22. The number of amides is 1. The molecule has 1 aliphatic heterocycles. The van der Waals surface area contributed by atoms with Crippen molar-refractivity contribution in [3.05, 3.63) is 82.2 Å². The molecule has 2 heterocycles. The van der Waals surface area contributed by atoms with Gasteiger partial charge in [0.05, 0.1) is 0 Å². The fourth-order valence-electron chi connectivity index (χ4n) is 3.87. The number of nitrogens with zero attached hydrogens (tertiary/aromatic N) is 3. The number of rotatable bonds is 5. The standard InChI is InChI=1S/C22H22F2N4O3S/c1-14-4-3-5-15(10-14)12-25-22(29)21-17-13-28(9-8-19(17)27(2)26-21)32(30,31)20-7-6-16(23)11-18(20)24/h3-7,10-11H,8-9,12-13H2,1-2H3,(H,25,29). The number of sulfonamides is 1. The molecule has 10 heteroatoms. The van der Waals surface area contributed by atoms with Crippen molar-refractivity contribution in [2.75, 3.05) is 6.54 Å². The van der Waals surface area contributed by atoms with Gasteiger partial charge < -0.3 is 5.32 Å². The van der Waals surface area contributed by atoms with E-state index in [2.05, 4.69) is 10.4 Å². The molecule has 3 aromatic rings. The van der Waals surface area contributed by atoms with Crippen molar-refractivity contribution in [1.29, 1.82) is 0 Å². The van der Waals surface area contributed by atoms with Crippen molar-refractivity contribution < 1.29 is 22.0 Å². The smallest absolute Gasteiger partial charge is 0.272 e. The molecule has 0 atom stereocenters. The first-order valence-corrected chi connectivity index (χ1v) is 11.4. The van der Waals surface area contributed by atoms with Gasteiger partial charge in [-0.1, -0.05) is 29.8 Å². The third-order valence-corrected chi connectivity index (χ3v) is 7.35. The Balaban J connectivity index is 1.58. The van der Waals surface area contributed by atoms with Gasteiger partial charge in [-0.25, -0.2) is 17.2 Å². The summed E-state index contributed by atoms with van der Waals surface area (Å²) in [6, 6.07) is 10.1. The third-order valence-electron chi connectivity index (χ3n) is 5.47. The summed E-state index contributed by atoms with van der Waals surface area (Å²) in [6.07, 6.45) is 0.312. The van der Waals surface area contributed by atoms with E-state index in [-0.39, 0.29) is 18.8 Å². The van der Waals surface area contributed by atoms with Gasteiger partial charge in [-0.05, 0) is 24.6 Å². The molecular formula is C22H22F2N4O3S. The Morgan fingerprint density at radius 3 is 2.69 bits per heavy atom. The second-order valence-electron chi connectivity index (χ2n) is 7.73. The number of carbonyl (C=O) groups excluding carboxylic acids is 1. The van der Waals surface area contributed by atoms with Gasteiger partial charge in [0.25, 0.3) is 5.91 Å². The van der Waals surface area contributed by atoms with E-state index in [0.29, 0.717) is 24.6 Å². The largest absolute Gasteiger partial charge is 0.347 e. The fourth-order valence-corrected chi connectivity index (χ4v) is 5.32. The number of carbonyl (C=O) groups is 1. The lowest BCUT2D eigenvalue weighted by Gasteiger charge is -2.27. The quantitative estimate of drug-likeness (QED) is 0.635. The lowest BCUT2D eigenvalue weighted by atomic mass is 10.1. The molecule has 0 aliphatic carbocycles. The summed E-state index contributed by atoms with van der Waals surface area (Å²) in [7, 11) is -2.53. The zero-order valence-electron chi connectivity index (χ0n) is 17.6. The Hall–Kier alpha value is -3.11. The predicted octanol–water partition coefficient (Wildman–Crippen LogP) is 2.68. The van der Waals surface area contributed by atoms with Crippen molar-refractivity contribution in [2.45, 2.75) is 31.3 Å². The number of hydrogen-bond donors (Lipinski definition) is 1. The van der Waals surface area contributed by atoms with E-state index in [1.165, 1.54) is 0 Å². The number of benzene rings is 2.